The van der Waals surface area contributed by atoms with Gasteiger partial charge in [-0.05, 0) is 31.0 Å². The fourth-order valence-corrected chi connectivity index (χ4v) is 3.62. The summed E-state index contributed by atoms with van der Waals surface area (Å²) < 4.78 is 0. The Hall–Kier alpha value is -2.55. The Morgan fingerprint density at radius 2 is 1.89 bits per heavy atom. The summed E-state index contributed by atoms with van der Waals surface area (Å²) in [6.07, 6.45) is 0.890. The van der Waals surface area contributed by atoms with Crippen molar-refractivity contribution >= 4 is 41.1 Å². The highest BCUT2D eigenvalue weighted by molar-refractivity contribution is 8.00. The summed E-state index contributed by atoms with van der Waals surface area (Å²) in [7, 11) is 0. The van der Waals surface area contributed by atoms with Crippen molar-refractivity contribution in [2.45, 2.75) is 30.6 Å². The average molecular weight is 393 g/mol. The SMILES string of the molecule is NC(=O)C1CCN(C(=O)CSc2cccc(NC(=O)CCC(=O)O)c2)CC1. The zero-order valence-electron chi connectivity index (χ0n) is 14.8. The standard InChI is InChI=1S/C18H23N3O5S/c19-18(26)12-6-8-21(9-7-12)16(23)11-27-14-3-1-2-13(10-14)20-15(22)4-5-17(24)25/h1-3,10,12H,4-9,11H2,(H2,19,26)(H,20,22)(H,24,25). The number of amides is 3. The van der Waals surface area contributed by atoms with E-state index in [-0.39, 0.29) is 42.2 Å². The second-order valence-corrected chi connectivity index (χ2v) is 7.36. The topological polar surface area (TPSA) is 130 Å². The van der Waals surface area contributed by atoms with Crippen LogP contribution in [0.25, 0.3) is 0 Å². The van der Waals surface area contributed by atoms with E-state index >= 15 is 0 Å². The molecule has 146 valence electrons. The summed E-state index contributed by atoms with van der Waals surface area (Å²) in [4.78, 5) is 48.3. The molecule has 1 aromatic carbocycles. The van der Waals surface area contributed by atoms with E-state index in [9.17, 15) is 19.2 Å². The maximum absolute atomic E-state index is 12.3. The van der Waals surface area contributed by atoms with Crippen molar-refractivity contribution in [3.8, 4) is 0 Å². The molecule has 0 aromatic heterocycles. The first-order valence-electron chi connectivity index (χ1n) is 8.66. The lowest BCUT2D eigenvalue weighted by molar-refractivity contribution is -0.138. The van der Waals surface area contributed by atoms with Crippen LogP contribution in [0.2, 0.25) is 0 Å². The number of hydrogen-bond acceptors (Lipinski definition) is 5. The van der Waals surface area contributed by atoms with Crippen molar-refractivity contribution in [3.05, 3.63) is 24.3 Å². The van der Waals surface area contributed by atoms with Crippen LogP contribution in [0.1, 0.15) is 25.7 Å². The van der Waals surface area contributed by atoms with Gasteiger partial charge in [0.2, 0.25) is 17.7 Å². The van der Waals surface area contributed by atoms with E-state index in [1.807, 2.05) is 6.07 Å². The fourth-order valence-electron chi connectivity index (χ4n) is 2.76. The zero-order valence-corrected chi connectivity index (χ0v) is 15.7. The first-order valence-corrected chi connectivity index (χ1v) is 9.65. The summed E-state index contributed by atoms with van der Waals surface area (Å²) in [5.41, 5.74) is 5.86. The number of nitrogens with one attached hydrogen (secondary N) is 1. The Balaban J connectivity index is 1.80. The molecule has 0 atom stereocenters. The van der Waals surface area contributed by atoms with Gasteiger partial charge in [-0.2, -0.15) is 0 Å². The quantitative estimate of drug-likeness (QED) is 0.571. The highest BCUT2D eigenvalue weighted by atomic mass is 32.2. The van der Waals surface area contributed by atoms with Crippen LogP contribution in [0, 0.1) is 5.92 Å². The smallest absolute Gasteiger partial charge is 0.303 e. The molecular weight excluding hydrogens is 370 g/mol. The molecule has 0 spiro atoms. The number of rotatable bonds is 8. The number of piperidine rings is 1. The van der Waals surface area contributed by atoms with Crippen molar-refractivity contribution in [1.82, 2.24) is 4.90 Å². The average Bonchev–Trinajstić information content (AvgIpc) is 2.65. The molecule has 1 aliphatic heterocycles. The molecule has 1 aromatic rings. The van der Waals surface area contributed by atoms with E-state index in [0.717, 1.165) is 4.90 Å². The van der Waals surface area contributed by atoms with Gasteiger partial charge in [0.15, 0.2) is 0 Å². The molecule has 0 unspecified atom stereocenters. The second-order valence-electron chi connectivity index (χ2n) is 6.32. The molecule has 2 rings (SSSR count). The molecule has 3 amide bonds. The minimum absolute atomic E-state index is 0.00110. The Morgan fingerprint density at radius 3 is 2.52 bits per heavy atom. The predicted octanol–water partition coefficient (Wildman–Crippen LogP) is 1.31. The van der Waals surface area contributed by atoms with Gasteiger partial charge in [-0.3, -0.25) is 19.2 Å². The van der Waals surface area contributed by atoms with Crippen molar-refractivity contribution in [2.24, 2.45) is 11.7 Å². The number of hydrogen-bond donors (Lipinski definition) is 3. The van der Waals surface area contributed by atoms with E-state index in [2.05, 4.69) is 5.32 Å². The van der Waals surface area contributed by atoms with Crippen LogP contribution >= 0.6 is 11.8 Å². The van der Waals surface area contributed by atoms with Crippen LogP contribution in [0.4, 0.5) is 5.69 Å². The van der Waals surface area contributed by atoms with Gasteiger partial charge in [0, 0.05) is 36.0 Å². The van der Waals surface area contributed by atoms with Crippen molar-refractivity contribution in [1.29, 1.82) is 0 Å². The van der Waals surface area contributed by atoms with Crippen LogP contribution in [-0.2, 0) is 19.2 Å². The number of nitrogens with zero attached hydrogens (tertiary/aromatic N) is 1. The van der Waals surface area contributed by atoms with E-state index in [0.29, 0.717) is 31.6 Å². The molecule has 9 heteroatoms. The van der Waals surface area contributed by atoms with Crippen LogP contribution in [-0.4, -0.2) is 52.5 Å². The molecule has 1 aliphatic rings. The molecule has 1 fully saturated rings. The number of nitrogens with two attached hydrogens (primary N) is 1. The third-order valence-electron chi connectivity index (χ3n) is 4.30. The number of primary amides is 1. The molecule has 1 heterocycles. The highest BCUT2D eigenvalue weighted by Crippen LogP contribution is 2.23. The Labute approximate surface area is 161 Å². The van der Waals surface area contributed by atoms with Crippen LogP contribution in [0.15, 0.2) is 29.2 Å². The van der Waals surface area contributed by atoms with Crippen molar-refractivity contribution < 1.29 is 24.3 Å². The molecule has 0 radical (unpaired) electrons. The molecule has 0 saturated carbocycles. The molecule has 8 nitrogen and oxygen atoms in total. The van der Waals surface area contributed by atoms with E-state index in [1.54, 1.807) is 23.1 Å². The van der Waals surface area contributed by atoms with Gasteiger partial charge in [0.05, 0.1) is 12.2 Å². The minimum Gasteiger partial charge on any atom is -0.481 e. The number of carbonyl (C=O) groups is 4. The van der Waals surface area contributed by atoms with Gasteiger partial charge in [0.1, 0.15) is 0 Å². The number of carboxylic acids is 1. The van der Waals surface area contributed by atoms with Gasteiger partial charge in [-0.25, -0.2) is 0 Å². The number of carboxylic acid groups (broad SMARTS) is 1. The molecular formula is C18H23N3O5S. The largest absolute Gasteiger partial charge is 0.481 e. The number of anilines is 1. The summed E-state index contributed by atoms with van der Waals surface area (Å²) in [5, 5.41) is 11.3. The maximum Gasteiger partial charge on any atom is 0.303 e. The predicted molar refractivity (Wildman–Crippen MR) is 101 cm³/mol. The molecule has 27 heavy (non-hydrogen) atoms. The minimum atomic E-state index is -1.02. The van der Waals surface area contributed by atoms with Crippen molar-refractivity contribution in [2.75, 3.05) is 24.2 Å². The molecule has 4 N–H and O–H groups in total. The van der Waals surface area contributed by atoms with Gasteiger partial charge in [-0.1, -0.05) is 6.07 Å². The molecule has 0 aliphatic carbocycles. The van der Waals surface area contributed by atoms with E-state index < -0.39 is 5.97 Å². The third kappa shape index (κ3) is 6.93. The highest BCUT2D eigenvalue weighted by Gasteiger charge is 2.25. The summed E-state index contributed by atoms with van der Waals surface area (Å²) in [6, 6.07) is 7.05. The number of likely N-dealkylation sites (tertiary alicyclic amines) is 1. The lowest BCUT2D eigenvalue weighted by Crippen LogP contribution is -2.42. The van der Waals surface area contributed by atoms with Gasteiger partial charge < -0.3 is 21.1 Å². The summed E-state index contributed by atoms with van der Waals surface area (Å²) >= 11 is 1.36. The summed E-state index contributed by atoms with van der Waals surface area (Å²) in [6.45, 7) is 1.07. The Morgan fingerprint density at radius 1 is 1.19 bits per heavy atom. The molecule has 1 saturated heterocycles. The number of carbonyl (C=O) groups excluding carboxylic acids is 3. The summed E-state index contributed by atoms with van der Waals surface area (Å²) in [5.74, 6) is -1.58. The number of thioether (sulfide) groups is 1. The van der Waals surface area contributed by atoms with Crippen molar-refractivity contribution in [3.63, 3.8) is 0 Å². The van der Waals surface area contributed by atoms with Gasteiger partial charge in [0.25, 0.3) is 0 Å². The van der Waals surface area contributed by atoms with E-state index in [1.165, 1.54) is 11.8 Å². The van der Waals surface area contributed by atoms with Crippen LogP contribution in [0.5, 0.6) is 0 Å². The normalized spacial score (nSPS) is 14.6. The van der Waals surface area contributed by atoms with Gasteiger partial charge in [-0.15, -0.1) is 11.8 Å². The Bertz CT molecular complexity index is 717. The first-order chi connectivity index (χ1) is 12.8. The third-order valence-corrected chi connectivity index (χ3v) is 5.27. The van der Waals surface area contributed by atoms with Gasteiger partial charge >= 0.3 is 5.97 Å². The monoisotopic (exact) mass is 393 g/mol. The van der Waals surface area contributed by atoms with E-state index in [4.69, 9.17) is 10.8 Å². The lowest BCUT2D eigenvalue weighted by Gasteiger charge is -2.30. The second kappa shape index (κ2) is 9.96. The maximum atomic E-state index is 12.3. The fraction of sp³-hybridized carbons (Fsp3) is 0.444. The first kappa shape index (κ1) is 20.8. The number of benzene rings is 1. The zero-order chi connectivity index (χ0) is 19.8. The number of aliphatic carboxylic acids is 1. The molecule has 0 bridgehead atoms. The Kier molecular flexibility index (Phi) is 7.66. The van der Waals surface area contributed by atoms with Crippen LogP contribution < -0.4 is 11.1 Å². The lowest BCUT2D eigenvalue weighted by atomic mass is 9.96. The van der Waals surface area contributed by atoms with Crippen LogP contribution in [0.3, 0.4) is 0 Å².